The number of rotatable bonds is 4. The van der Waals surface area contributed by atoms with Gasteiger partial charge in [-0.2, -0.15) is 4.98 Å². The number of anilines is 1. The number of nitrogens with zero attached hydrogens (tertiary/aromatic N) is 3. The zero-order valence-electron chi connectivity index (χ0n) is 16.4. The summed E-state index contributed by atoms with van der Waals surface area (Å²) in [6.07, 6.45) is 1.95. The predicted octanol–water partition coefficient (Wildman–Crippen LogP) is 4.17. The van der Waals surface area contributed by atoms with E-state index in [0.29, 0.717) is 29.6 Å². The van der Waals surface area contributed by atoms with Gasteiger partial charge in [-0.05, 0) is 61.6 Å². The molecule has 1 aliphatic heterocycles. The number of para-hydroxylation sites is 1. The van der Waals surface area contributed by atoms with Crippen LogP contribution in [0.25, 0.3) is 0 Å². The Morgan fingerprint density at radius 1 is 1.21 bits per heavy atom. The summed E-state index contributed by atoms with van der Waals surface area (Å²) in [6.45, 7) is 6.76. The third kappa shape index (κ3) is 3.50. The normalized spacial score (nSPS) is 13.3. The van der Waals surface area contributed by atoms with E-state index in [-0.39, 0.29) is 12.5 Å². The molecule has 0 bridgehead atoms. The number of aromatic nitrogens is 2. The Morgan fingerprint density at radius 3 is 2.82 bits per heavy atom. The Labute approximate surface area is 164 Å². The second-order valence-corrected chi connectivity index (χ2v) is 7.15. The van der Waals surface area contributed by atoms with Crippen LogP contribution in [-0.4, -0.2) is 22.6 Å². The van der Waals surface area contributed by atoms with Crippen molar-refractivity contribution < 1.29 is 14.1 Å². The fraction of sp³-hybridized carbons (Fsp3) is 0.318. The number of hydrogen-bond acceptors (Lipinski definition) is 5. The highest BCUT2D eigenvalue weighted by atomic mass is 16.5. The molecule has 0 unspecified atom stereocenters. The Morgan fingerprint density at radius 2 is 2.04 bits per heavy atom. The third-order valence-corrected chi connectivity index (χ3v) is 4.98. The first-order valence-corrected chi connectivity index (χ1v) is 9.46. The van der Waals surface area contributed by atoms with Crippen LogP contribution >= 0.6 is 0 Å². The van der Waals surface area contributed by atoms with Gasteiger partial charge in [-0.3, -0.25) is 4.79 Å². The molecule has 0 fully saturated rings. The van der Waals surface area contributed by atoms with E-state index in [9.17, 15) is 4.79 Å². The van der Waals surface area contributed by atoms with Crippen molar-refractivity contribution in [1.29, 1.82) is 0 Å². The molecular formula is C22H23N3O3. The van der Waals surface area contributed by atoms with Crippen molar-refractivity contribution in [2.75, 3.05) is 11.4 Å². The molecule has 2 aromatic carbocycles. The molecule has 3 aromatic rings. The number of benzene rings is 2. The fourth-order valence-corrected chi connectivity index (χ4v) is 3.74. The van der Waals surface area contributed by atoms with Gasteiger partial charge in [-0.1, -0.05) is 23.4 Å². The van der Waals surface area contributed by atoms with Crippen LogP contribution in [0, 0.1) is 20.8 Å². The second-order valence-electron chi connectivity index (χ2n) is 7.15. The second kappa shape index (κ2) is 7.46. The van der Waals surface area contributed by atoms with Crippen LogP contribution in [0.1, 0.15) is 45.2 Å². The van der Waals surface area contributed by atoms with Crippen molar-refractivity contribution in [1.82, 2.24) is 10.1 Å². The molecule has 0 saturated carbocycles. The first-order valence-electron chi connectivity index (χ1n) is 9.46. The SMILES string of the molecule is Cc1cc(C)c2c(c1)N(C(=O)c1ccccc1OCc1noc(C)n1)CCC2. The minimum atomic E-state index is -0.0501. The van der Waals surface area contributed by atoms with Gasteiger partial charge in [-0.25, -0.2) is 0 Å². The van der Waals surface area contributed by atoms with E-state index in [1.807, 2.05) is 17.0 Å². The first kappa shape index (κ1) is 18.2. The highest BCUT2D eigenvalue weighted by Crippen LogP contribution is 2.33. The highest BCUT2D eigenvalue weighted by Gasteiger charge is 2.26. The van der Waals surface area contributed by atoms with E-state index < -0.39 is 0 Å². The van der Waals surface area contributed by atoms with Crippen molar-refractivity contribution >= 4 is 11.6 Å². The molecule has 1 aliphatic rings. The van der Waals surface area contributed by atoms with Crippen molar-refractivity contribution in [2.45, 2.75) is 40.2 Å². The van der Waals surface area contributed by atoms with Crippen molar-refractivity contribution in [3.05, 3.63) is 70.4 Å². The molecule has 4 rings (SSSR count). The topological polar surface area (TPSA) is 68.5 Å². The lowest BCUT2D eigenvalue weighted by Gasteiger charge is -2.31. The molecule has 0 radical (unpaired) electrons. The van der Waals surface area contributed by atoms with Gasteiger partial charge in [0.15, 0.2) is 6.61 Å². The van der Waals surface area contributed by atoms with E-state index in [2.05, 4.69) is 36.1 Å². The lowest BCUT2D eigenvalue weighted by Crippen LogP contribution is -2.36. The largest absolute Gasteiger partial charge is 0.485 e. The maximum atomic E-state index is 13.4. The summed E-state index contributed by atoms with van der Waals surface area (Å²) in [7, 11) is 0. The van der Waals surface area contributed by atoms with Crippen LogP contribution in [-0.2, 0) is 13.0 Å². The number of ether oxygens (including phenoxy) is 1. The van der Waals surface area contributed by atoms with Crippen LogP contribution < -0.4 is 9.64 Å². The summed E-state index contributed by atoms with van der Waals surface area (Å²) in [5.74, 6) is 1.41. The van der Waals surface area contributed by atoms with E-state index in [1.54, 1.807) is 19.1 Å². The van der Waals surface area contributed by atoms with Crippen LogP contribution in [0.2, 0.25) is 0 Å². The zero-order valence-corrected chi connectivity index (χ0v) is 16.4. The molecular weight excluding hydrogens is 354 g/mol. The predicted molar refractivity (Wildman–Crippen MR) is 106 cm³/mol. The Balaban J connectivity index is 1.63. The van der Waals surface area contributed by atoms with Gasteiger partial charge in [0.1, 0.15) is 5.75 Å². The van der Waals surface area contributed by atoms with E-state index >= 15 is 0 Å². The maximum Gasteiger partial charge on any atom is 0.262 e. The van der Waals surface area contributed by atoms with Gasteiger partial charge in [-0.15, -0.1) is 0 Å². The van der Waals surface area contributed by atoms with E-state index in [0.717, 1.165) is 24.1 Å². The minimum Gasteiger partial charge on any atom is -0.485 e. The Kier molecular flexibility index (Phi) is 4.86. The average Bonchev–Trinajstić information content (AvgIpc) is 3.11. The van der Waals surface area contributed by atoms with E-state index in [1.165, 1.54) is 11.1 Å². The maximum absolute atomic E-state index is 13.4. The standard InChI is InChI=1S/C22H23N3O3/c1-14-11-15(2)17-8-6-10-25(19(17)12-14)22(26)18-7-4-5-9-20(18)27-13-21-23-16(3)28-24-21/h4-5,7,9,11-12H,6,8,10,13H2,1-3H3. The molecule has 6 nitrogen and oxygen atoms in total. The minimum absolute atomic E-state index is 0.0501. The monoisotopic (exact) mass is 377 g/mol. The van der Waals surface area contributed by atoms with E-state index in [4.69, 9.17) is 9.26 Å². The molecule has 6 heteroatoms. The molecule has 28 heavy (non-hydrogen) atoms. The molecule has 144 valence electrons. The van der Waals surface area contributed by atoms with Gasteiger partial charge in [0.25, 0.3) is 5.91 Å². The molecule has 1 amide bonds. The summed E-state index contributed by atoms with van der Waals surface area (Å²) in [4.78, 5) is 19.4. The van der Waals surface area contributed by atoms with Gasteiger partial charge >= 0.3 is 0 Å². The quantitative estimate of drug-likeness (QED) is 0.683. The number of fused-ring (bicyclic) bond motifs is 1. The molecule has 0 aliphatic carbocycles. The van der Waals surface area contributed by atoms with Crippen LogP contribution in [0.15, 0.2) is 40.9 Å². The van der Waals surface area contributed by atoms with Gasteiger partial charge in [0.2, 0.25) is 11.7 Å². The number of carbonyl (C=O) groups is 1. The summed E-state index contributed by atoms with van der Waals surface area (Å²) in [5.41, 5.74) is 5.20. The zero-order chi connectivity index (χ0) is 19.7. The molecule has 2 heterocycles. The summed E-state index contributed by atoms with van der Waals surface area (Å²) < 4.78 is 10.8. The Bertz CT molecular complexity index is 1030. The van der Waals surface area contributed by atoms with Crippen LogP contribution in [0.4, 0.5) is 5.69 Å². The lowest BCUT2D eigenvalue weighted by atomic mass is 9.94. The number of aryl methyl sites for hydroxylation is 3. The van der Waals surface area contributed by atoms with Crippen molar-refractivity contribution in [3.63, 3.8) is 0 Å². The number of hydrogen-bond donors (Lipinski definition) is 0. The van der Waals surface area contributed by atoms with Crippen molar-refractivity contribution in [3.8, 4) is 5.75 Å². The summed E-state index contributed by atoms with van der Waals surface area (Å²) >= 11 is 0. The number of carbonyl (C=O) groups excluding carboxylic acids is 1. The molecule has 0 spiro atoms. The number of amides is 1. The van der Waals surface area contributed by atoms with Gasteiger partial charge < -0.3 is 14.2 Å². The van der Waals surface area contributed by atoms with Crippen molar-refractivity contribution in [2.24, 2.45) is 0 Å². The lowest BCUT2D eigenvalue weighted by molar-refractivity contribution is 0.0980. The van der Waals surface area contributed by atoms with Gasteiger partial charge in [0.05, 0.1) is 5.56 Å². The third-order valence-electron chi connectivity index (χ3n) is 4.98. The highest BCUT2D eigenvalue weighted by molar-refractivity contribution is 6.08. The first-order chi connectivity index (χ1) is 13.5. The molecule has 0 atom stereocenters. The van der Waals surface area contributed by atoms with Crippen LogP contribution in [0.3, 0.4) is 0 Å². The Hall–Kier alpha value is -3.15. The van der Waals surface area contributed by atoms with Crippen LogP contribution in [0.5, 0.6) is 5.75 Å². The van der Waals surface area contributed by atoms with Gasteiger partial charge in [0, 0.05) is 19.2 Å². The molecule has 0 N–H and O–H groups in total. The fourth-order valence-electron chi connectivity index (χ4n) is 3.74. The summed E-state index contributed by atoms with van der Waals surface area (Å²) in [5, 5.41) is 3.84. The average molecular weight is 377 g/mol. The molecule has 1 aromatic heterocycles. The molecule has 0 saturated heterocycles. The summed E-state index contributed by atoms with van der Waals surface area (Å²) in [6, 6.07) is 11.6. The smallest absolute Gasteiger partial charge is 0.262 e.